The first-order chi connectivity index (χ1) is 8.09. The van der Waals surface area contributed by atoms with Gasteiger partial charge in [0.15, 0.2) is 0 Å². The Labute approximate surface area is 114 Å². The molecule has 1 fully saturated rings. The number of rotatable bonds is 3. The summed E-state index contributed by atoms with van der Waals surface area (Å²) in [4.78, 5) is 13.2. The van der Waals surface area contributed by atoms with E-state index in [1.807, 2.05) is 6.07 Å². The summed E-state index contributed by atoms with van der Waals surface area (Å²) in [6.07, 6.45) is 1.77. The zero-order chi connectivity index (χ0) is 12.4. The molecule has 1 atom stereocenters. The van der Waals surface area contributed by atoms with Crippen LogP contribution in [0.2, 0.25) is 0 Å². The number of carboxylic acid groups (broad SMARTS) is 1. The van der Waals surface area contributed by atoms with E-state index in [-0.39, 0.29) is 18.4 Å². The Morgan fingerprint density at radius 3 is 2.56 bits per heavy atom. The van der Waals surface area contributed by atoms with Gasteiger partial charge in [0.1, 0.15) is 6.04 Å². The molecule has 4 heteroatoms. The molecule has 100 valence electrons. The number of halogens is 1. The van der Waals surface area contributed by atoms with Crippen molar-refractivity contribution in [2.24, 2.45) is 0 Å². The molecule has 3 nitrogen and oxygen atoms in total. The van der Waals surface area contributed by atoms with Gasteiger partial charge in [-0.1, -0.05) is 18.2 Å². The molecule has 0 amide bonds. The summed E-state index contributed by atoms with van der Waals surface area (Å²) >= 11 is 0. The van der Waals surface area contributed by atoms with Gasteiger partial charge in [0, 0.05) is 6.54 Å². The van der Waals surface area contributed by atoms with E-state index in [2.05, 4.69) is 30.9 Å². The molecule has 0 aliphatic carbocycles. The minimum absolute atomic E-state index is 0. The number of carbonyl (C=O) groups is 1. The smallest absolute Gasteiger partial charge is 0.320 e. The molecule has 1 heterocycles. The maximum atomic E-state index is 11.1. The summed E-state index contributed by atoms with van der Waals surface area (Å²) in [6, 6.07) is 5.93. The molecule has 1 N–H and O–H groups in total. The lowest BCUT2D eigenvalue weighted by Crippen LogP contribution is -2.35. The van der Waals surface area contributed by atoms with E-state index in [1.54, 1.807) is 0 Å². The Hall–Kier alpha value is -1.06. The van der Waals surface area contributed by atoms with Crippen LogP contribution in [0.1, 0.15) is 29.5 Å². The number of nitrogens with zero attached hydrogens (tertiary/aromatic N) is 1. The minimum atomic E-state index is -0.686. The van der Waals surface area contributed by atoms with Gasteiger partial charge in [0.2, 0.25) is 0 Å². The van der Waals surface area contributed by atoms with Crippen molar-refractivity contribution in [1.29, 1.82) is 0 Å². The highest BCUT2D eigenvalue weighted by atomic mass is 35.5. The van der Waals surface area contributed by atoms with E-state index in [0.29, 0.717) is 0 Å². The first-order valence-corrected chi connectivity index (χ1v) is 6.11. The van der Waals surface area contributed by atoms with Crippen molar-refractivity contribution >= 4 is 18.4 Å². The fourth-order valence-corrected chi connectivity index (χ4v) is 2.60. The lowest BCUT2D eigenvalue weighted by atomic mass is 10.0. The molecule has 1 saturated heterocycles. The van der Waals surface area contributed by atoms with E-state index in [4.69, 9.17) is 5.11 Å². The molecule has 0 saturated carbocycles. The predicted molar refractivity (Wildman–Crippen MR) is 74.2 cm³/mol. The standard InChI is InChI=1S/C14H19NO2.ClH/c1-10-5-3-6-11(2)12(10)9-15-8-4-7-13(15)14(16)17;/h3,5-6,13H,4,7-9H2,1-2H3,(H,16,17);1H. The SMILES string of the molecule is Cc1cccc(C)c1CN1CCCC1C(=O)O.Cl. The van der Waals surface area contributed by atoms with Gasteiger partial charge in [0.05, 0.1) is 0 Å². The van der Waals surface area contributed by atoms with E-state index >= 15 is 0 Å². The van der Waals surface area contributed by atoms with Gasteiger partial charge in [-0.25, -0.2) is 0 Å². The Bertz CT molecular complexity index is 414. The summed E-state index contributed by atoms with van der Waals surface area (Å²) in [7, 11) is 0. The molecule has 1 aliphatic rings. The summed E-state index contributed by atoms with van der Waals surface area (Å²) in [6.45, 7) is 5.84. The fourth-order valence-electron chi connectivity index (χ4n) is 2.60. The van der Waals surface area contributed by atoms with Crippen LogP contribution in [0.15, 0.2) is 18.2 Å². The summed E-state index contributed by atoms with van der Waals surface area (Å²) in [5, 5.41) is 9.16. The average Bonchev–Trinajstić information content (AvgIpc) is 2.72. The zero-order valence-electron chi connectivity index (χ0n) is 10.8. The maximum Gasteiger partial charge on any atom is 0.320 e. The van der Waals surface area contributed by atoms with Crippen molar-refractivity contribution in [1.82, 2.24) is 4.90 Å². The Balaban J connectivity index is 0.00000162. The van der Waals surface area contributed by atoms with Crippen LogP contribution in [0.4, 0.5) is 0 Å². The van der Waals surface area contributed by atoms with Crippen LogP contribution in [0.5, 0.6) is 0 Å². The minimum Gasteiger partial charge on any atom is -0.480 e. The lowest BCUT2D eigenvalue weighted by Gasteiger charge is -2.23. The number of aryl methyl sites for hydroxylation is 2. The predicted octanol–water partition coefficient (Wildman–Crippen LogP) is 2.77. The van der Waals surface area contributed by atoms with Crippen LogP contribution >= 0.6 is 12.4 Å². The second-order valence-corrected chi connectivity index (χ2v) is 4.84. The molecule has 0 aromatic heterocycles. The number of carboxylic acids is 1. The normalized spacial score (nSPS) is 19.6. The second-order valence-electron chi connectivity index (χ2n) is 4.84. The Morgan fingerprint density at radius 1 is 1.39 bits per heavy atom. The van der Waals surface area contributed by atoms with Crippen LogP contribution in [-0.2, 0) is 11.3 Å². The number of benzene rings is 1. The largest absolute Gasteiger partial charge is 0.480 e. The molecule has 18 heavy (non-hydrogen) atoms. The van der Waals surface area contributed by atoms with Crippen LogP contribution < -0.4 is 0 Å². The molecule has 1 aromatic rings. The zero-order valence-corrected chi connectivity index (χ0v) is 11.7. The van der Waals surface area contributed by atoms with Gasteiger partial charge < -0.3 is 5.11 Å². The number of hydrogen-bond acceptors (Lipinski definition) is 2. The molecule has 0 bridgehead atoms. The first kappa shape index (κ1) is 15.0. The number of hydrogen-bond donors (Lipinski definition) is 1. The Kier molecular flexibility index (Phi) is 5.17. The van der Waals surface area contributed by atoms with Crippen LogP contribution in [0.3, 0.4) is 0 Å². The highest BCUT2D eigenvalue weighted by Crippen LogP contribution is 2.23. The fraction of sp³-hybridized carbons (Fsp3) is 0.500. The van der Waals surface area contributed by atoms with Crippen molar-refractivity contribution in [2.75, 3.05) is 6.54 Å². The van der Waals surface area contributed by atoms with Crippen molar-refractivity contribution in [3.05, 3.63) is 34.9 Å². The molecular formula is C14H20ClNO2. The van der Waals surface area contributed by atoms with Crippen LogP contribution in [-0.4, -0.2) is 28.6 Å². The molecule has 1 aromatic carbocycles. The van der Waals surface area contributed by atoms with E-state index in [1.165, 1.54) is 16.7 Å². The average molecular weight is 270 g/mol. The molecule has 0 radical (unpaired) electrons. The lowest BCUT2D eigenvalue weighted by molar-refractivity contribution is -0.142. The molecular weight excluding hydrogens is 250 g/mol. The molecule has 0 spiro atoms. The maximum absolute atomic E-state index is 11.1. The van der Waals surface area contributed by atoms with Gasteiger partial charge >= 0.3 is 5.97 Å². The molecule has 1 aliphatic heterocycles. The third-order valence-corrected chi connectivity index (χ3v) is 3.65. The summed E-state index contributed by atoms with van der Waals surface area (Å²) in [5.41, 5.74) is 3.78. The number of aliphatic carboxylic acids is 1. The highest BCUT2D eigenvalue weighted by molar-refractivity contribution is 5.85. The Morgan fingerprint density at radius 2 is 2.00 bits per heavy atom. The summed E-state index contributed by atoms with van der Waals surface area (Å²) < 4.78 is 0. The van der Waals surface area contributed by atoms with Gasteiger partial charge in [-0.15, -0.1) is 12.4 Å². The van der Waals surface area contributed by atoms with Crippen molar-refractivity contribution in [3.8, 4) is 0 Å². The third kappa shape index (κ3) is 3.03. The van der Waals surface area contributed by atoms with Gasteiger partial charge in [-0.05, 0) is 49.9 Å². The van der Waals surface area contributed by atoms with Crippen LogP contribution in [0.25, 0.3) is 0 Å². The highest BCUT2D eigenvalue weighted by Gasteiger charge is 2.30. The first-order valence-electron chi connectivity index (χ1n) is 6.11. The van der Waals surface area contributed by atoms with Gasteiger partial charge in [-0.2, -0.15) is 0 Å². The quantitative estimate of drug-likeness (QED) is 0.917. The van der Waals surface area contributed by atoms with Crippen molar-refractivity contribution < 1.29 is 9.90 Å². The van der Waals surface area contributed by atoms with Gasteiger partial charge in [0.25, 0.3) is 0 Å². The topological polar surface area (TPSA) is 40.5 Å². The molecule has 2 rings (SSSR count). The number of likely N-dealkylation sites (tertiary alicyclic amines) is 1. The van der Waals surface area contributed by atoms with E-state index in [9.17, 15) is 4.79 Å². The second kappa shape index (κ2) is 6.21. The summed E-state index contributed by atoms with van der Waals surface area (Å²) in [5.74, 6) is -0.686. The van der Waals surface area contributed by atoms with Gasteiger partial charge in [-0.3, -0.25) is 9.69 Å². The van der Waals surface area contributed by atoms with Crippen molar-refractivity contribution in [3.63, 3.8) is 0 Å². The van der Waals surface area contributed by atoms with E-state index < -0.39 is 5.97 Å². The van der Waals surface area contributed by atoms with Crippen LogP contribution in [0, 0.1) is 13.8 Å². The monoisotopic (exact) mass is 269 g/mol. The third-order valence-electron chi connectivity index (χ3n) is 3.65. The van der Waals surface area contributed by atoms with Crippen molar-refractivity contribution in [2.45, 2.75) is 39.3 Å². The molecule has 1 unspecified atom stereocenters. The van der Waals surface area contributed by atoms with E-state index in [0.717, 1.165) is 25.9 Å².